The molecule has 0 aliphatic heterocycles. The lowest BCUT2D eigenvalue weighted by molar-refractivity contribution is 1.07. The summed E-state index contributed by atoms with van der Waals surface area (Å²) in [4.78, 5) is 16.3. The summed E-state index contributed by atoms with van der Waals surface area (Å²) in [5, 5.41) is 0. The number of rotatable bonds is 1. The van der Waals surface area contributed by atoms with Crippen LogP contribution in [0.1, 0.15) is 0 Å². The van der Waals surface area contributed by atoms with Gasteiger partial charge in [-0.1, -0.05) is 0 Å². The van der Waals surface area contributed by atoms with Crippen LogP contribution in [0.5, 0.6) is 0 Å². The molecule has 13 heavy (non-hydrogen) atoms. The lowest BCUT2D eigenvalue weighted by atomic mass is 10.5. The highest BCUT2D eigenvalue weighted by molar-refractivity contribution is 14.1. The molecule has 0 radical (unpaired) electrons. The lowest BCUT2D eigenvalue weighted by Crippen LogP contribution is -1.93. The summed E-state index contributed by atoms with van der Waals surface area (Å²) in [5.41, 5.74) is 0. The minimum Gasteiger partial charge on any atom is -0.234 e. The van der Waals surface area contributed by atoms with E-state index >= 15 is 0 Å². The standard InChI is InChI=1S/C8H5IN4/c9-6-4-12-8(13-5-6)7-10-2-1-3-11-7/h1-5H. The Morgan fingerprint density at radius 1 is 0.846 bits per heavy atom. The fourth-order valence-corrected chi connectivity index (χ4v) is 1.12. The van der Waals surface area contributed by atoms with Crippen molar-refractivity contribution in [2.24, 2.45) is 0 Å². The van der Waals surface area contributed by atoms with E-state index in [9.17, 15) is 0 Å². The zero-order chi connectivity index (χ0) is 9.10. The van der Waals surface area contributed by atoms with E-state index in [0.29, 0.717) is 11.6 Å². The van der Waals surface area contributed by atoms with Crippen LogP contribution in [0.3, 0.4) is 0 Å². The van der Waals surface area contributed by atoms with Gasteiger partial charge in [0.15, 0.2) is 11.6 Å². The molecule has 2 rings (SSSR count). The van der Waals surface area contributed by atoms with Crippen molar-refractivity contribution in [1.29, 1.82) is 0 Å². The highest BCUT2D eigenvalue weighted by Crippen LogP contribution is 2.07. The summed E-state index contributed by atoms with van der Waals surface area (Å²) >= 11 is 2.15. The maximum atomic E-state index is 4.10. The minimum absolute atomic E-state index is 0.555. The summed E-state index contributed by atoms with van der Waals surface area (Å²) in [7, 11) is 0. The highest BCUT2D eigenvalue weighted by Gasteiger charge is 2.01. The van der Waals surface area contributed by atoms with Crippen molar-refractivity contribution in [2.75, 3.05) is 0 Å². The molecule has 0 aromatic carbocycles. The molecule has 0 aliphatic carbocycles. The zero-order valence-electron chi connectivity index (χ0n) is 6.55. The Balaban J connectivity index is 2.42. The number of nitrogens with zero attached hydrogens (tertiary/aromatic N) is 4. The monoisotopic (exact) mass is 284 g/mol. The quantitative estimate of drug-likeness (QED) is 0.745. The van der Waals surface area contributed by atoms with Crippen molar-refractivity contribution in [2.45, 2.75) is 0 Å². The zero-order valence-corrected chi connectivity index (χ0v) is 8.71. The van der Waals surface area contributed by atoms with Gasteiger partial charge in [-0.3, -0.25) is 0 Å². The van der Waals surface area contributed by atoms with E-state index in [1.54, 1.807) is 30.9 Å². The summed E-state index contributed by atoms with van der Waals surface area (Å²) < 4.78 is 0.997. The summed E-state index contributed by atoms with van der Waals surface area (Å²) in [6, 6.07) is 1.76. The first-order chi connectivity index (χ1) is 6.36. The van der Waals surface area contributed by atoms with E-state index in [1.807, 2.05) is 0 Å². The van der Waals surface area contributed by atoms with Gasteiger partial charge < -0.3 is 0 Å². The smallest absolute Gasteiger partial charge is 0.197 e. The largest absolute Gasteiger partial charge is 0.234 e. The Hall–Kier alpha value is -1.11. The molecule has 2 aromatic heterocycles. The molecule has 2 heterocycles. The van der Waals surface area contributed by atoms with Crippen LogP contribution < -0.4 is 0 Å². The molecule has 64 valence electrons. The normalized spacial score (nSPS) is 9.92. The van der Waals surface area contributed by atoms with Crippen molar-refractivity contribution in [3.8, 4) is 11.6 Å². The SMILES string of the molecule is Ic1cnc(-c2ncccn2)nc1. The van der Waals surface area contributed by atoms with Gasteiger partial charge in [0.05, 0.1) is 0 Å². The second kappa shape index (κ2) is 3.73. The van der Waals surface area contributed by atoms with Gasteiger partial charge in [0.1, 0.15) is 0 Å². The van der Waals surface area contributed by atoms with Crippen molar-refractivity contribution < 1.29 is 0 Å². The van der Waals surface area contributed by atoms with E-state index in [-0.39, 0.29) is 0 Å². The van der Waals surface area contributed by atoms with Crippen molar-refractivity contribution in [3.05, 3.63) is 34.4 Å². The van der Waals surface area contributed by atoms with Gasteiger partial charge in [-0.15, -0.1) is 0 Å². The molecular weight excluding hydrogens is 279 g/mol. The third kappa shape index (κ3) is 1.97. The molecule has 0 unspecified atom stereocenters. The van der Waals surface area contributed by atoms with Crippen molar-refractivity contribution in [1.82, 2.24) is 19.9 Å². The van der Waals surface area contributed by atoms with E-state index in [4.69, 9.17) is 0 Å². The van der Waals surface area contributed by atoms with E-state index in [2.05, 4.69) is 42.5 Å². The molecule has 0 saturated carbocycles. The van der Waals surface area contributed by atoms with Gasteiger partial charge in [-0.05, 0) is 28.7 Å². The molecule has 0 saturated heterocycles. The van der Waals surface area contributed by atoms with Crippen LogP contribution in [0.15, 0.2) is 30.9 Å². The van der Waals surface area contributed by atoms with Gasteiger partial charge in [0, 0.05) is 28.4 Å². The van der Waals surface area contributed by atoms with Gasteiger partial charge >= 0.3 is 0 Å². The molecule has 0 aliphatic rings. The van der Waals surface area contributed by atoms with Crippen LogP contribution in [-0.2, 0) is 0 Å². The van der Waals surface area contributed by atoms with Crippen LogP contribution in [0.25, 0.3) is 11.6 Å². The fourth-order valence-electron chi connectivity index (χ4n) is 0.842. The molecule has 0 fully saturated rings. The lowest BCUT2D eigenvalue weighted by Gasteiger charge is -1.95. The molecule has 4 nitrogen and oxygen atoms in total. The first kappa shape index (κ1) is 8.49. The maximum Gasteiger partial charge on any atom is 0.197 e. The predicted molar refractivity (Wildman–Crippen MR) is 55.8 cm³/mol. The number of halogens is 1. The van der Waals surface area contributed by atoms with Gasteiger partial charge in [0.2, 0.25) is 0 Å². The van der Waals surface area contributed by atoms with Crippen LogP contribution in [-0.4, -0.2) is 19.9 Å². The number of aromatic nitrogens is 4. The minimum atomic E-state index is 0.555. The Labute approximate surface area is 88.6 Å². The fraction of sp³-hybridized carbons (Fsp3) is 0. The van der Waals surface area contributed by atoms with Crippen molar-refractivity contribution in [3.63, 3.8) is 0 Å². The van der Waals surface area contributed by atoms with Crippen LogP contribution in [0.4, 0.5) is 0 Å². The van der Waals surface area contributed by atoms with E-state index in [0.717, 1.165) is 3.57 Å². The van der Waals surface area contributed by atoms with Gasteiger partial charge in [0.25, 0.3) is 0 Å². The van der Waals surface area contributed by atoms with Gasteiger partial charge in [-0.25, -0.2) is 19.9 Å². The Morgan fingerprint density at radius 2 is 1.38 bits per heavy atom. The molecule has 0 spiro atoms. The predicted octanol–water partition coefficient (Wildman–Crippen LogP) is 1.54. The summed E-state index contributed by atoms with van der Waals surface area (Å²) in [6.45, 7) is 0. The summed E-state index contributed by atoms with van der Waals surface area (Å²) in [6.07, 6.45) is 6.81. The van der Waals surface area contributed by atoms with Crippen LogP contribution in [0.2, 0.25) is 0 Å². The van der Waals surface area contributed by atoms with Crippen LogP contribution in [0, 0.1) is 3.57 Å². The van der Waals surface area contributed by atoms with Crippen molar-refractivity contribution >= 4 is 22.6 Å². The first-order valence-electron chi connectivity index (χ1n) is 3.61. The van der Waals surface area contributed by atoms with E-state index in [1.165, 1.54) is 0 Å². The molecule has 0 N–H and O–H groups in total. The second-order valence-electron chi connectivity index (χ2n) is 2.30. The molecule has 0 bridgehead atoms. The second-order valence-corrected chi connectivity index (χ2v) is 3.54. The molecule has 5 heteroatoms. The molecule has 0 amide bonds. The van der Waals surface area contributed by atoms with Crippen LogP contribution >= 0.6 is 22.6 Å². The maximum absolute atomic E-state index is 4.10. The average molecular weight is 284 g/mol. The Kier molecular flexibility index (Phi) is 2.44. The molecule has 2 aromatic rings. The average Bonchev–Trinajstić information content (AvgIpc) is 2.20. The third-order valence-electron chi connectivity index (χ3n) is 1.39. The Morgan fingerprint density at radius 3 is 2.00 bits per heavy atom. The van der Waals surface area contributed by atoms with Gasteiger partial charge in [-0.2, -0.15) is 0 Å². The number of hydrogen-bond acceptors (Lipinski definition) is 4. The van der Waals surface area contributed by atoms with E-state index < -0.39 is 0 Å². The molecule has 0 atom stereocenters. The topological polar surface area (TPSA) is 51.6 Å². The first-order valence-corrected chi connectivity index (χ1v) is 4.69. The Bertz CT molecular complexity index is 387. The summed E-state index contributed by atoms with van der Waals surface area (Å²) in [5.74, 6) is 1.11. The highest BCUT2D eigenvalue weighted by atomic mass is 127. The number of hydrogen-bond donors (Lipinski definition) is 0. The molecular formula is C8H5IN4. The third-order valence-corrected chi connectivity index (χ3v) is 1.94.